The Morgan fingerprint density at radius 3 is 2.29 bits per heavy atom. The fraction of sp³-hybridized carbons (Fsp3) is 0.900. The highest BCUT2D eigenvalue weighted by Crippen LogP contribution is 2.41. The fourth-order valence-electron chi connectivity index (χ4n) is 2.00. The Morgan fingerprint density at radius 1 is 1.41 bits per heavy atom. The number of ether oxygens (including phenoxy) is 1. The van der Waals surface area contributed by atoms with Crippen LogP contribution >= 0.6 is 0 Å². The smallest absolute Gasteiger partial charge is 0.369 e. The number of carbonyl (C=O) groups is 1. The van der Waals surface area contributed by atoms with E-state index in [9.17, 15) is 18.0 Å². The number of methoxy groups -OCH3 is 1. The molecule has 0 aromatic rings. The van der Waals surface area contributed by atoms with E-state index in [2.05, 4.69) is 4.74 Å². The van der Waals surface area contributed by atoms with Gasteiger partial charge in [0, 0.05) is 46.0 Å². The van der Waals surface area contributed by atoms with Gasteiger partial charge in [0.2, 0.25) is 5.91 Å². The summed E-state index contributed by atoms with van der Waals surface area (Å²) in [5.41, 5.74) is 3.13. The van der Waals surface area contributed by atoms with Gasteiger partial charge >= 0.3 is 6.18 Å². The molecule has 1 heterocycles. The number of rotatable bonds is 3. The van der Waals surface area contributed by atoms with Crippen molar-refractivity contribution in [1.82, 2.24) is 4.90 Å². The molecule has 1 rings (SSSR count). The third-order valence-electron chi connectivity index (χ3n) is 3.19. The van der Waals surface area contributed by atoms with Gasteiger partial charge in [0.05, 0.1) is 0 Å². The molecule has 0 aliphatic carbocycles. The highest BCUT2D eigenvalue weighted by atomic mass is 19.4. The van der Waals surface area contributed by atoms with Crippen LogP contribution in [-0.2, 0) is 9.53 Å². The number of nitrogens with zero attached hydrogens (tertiary/aromatic N) is 1. The van der Waals surface area contributed by atoms with Crippen molar-refractivity contribution in [3.8, 4) is 0 Å². The Hall–Kier alpha value is -0.820. The molecular formula is C10H17F3N2O2. The summed E-state index contributed by atoms with van der Waals surface area (Å²) in [5.74, 6) is -0.195. The standard InChI is InChI=1S/C10H17F3N2O2/c1-17-9(10(11,12)13)3-6-15(7-4-9)8(16)2-5-14/h2-7,14H2,1H3. The van der Waals surface area contributed by atoms with E-state index in [1.54, 1.807) is 0 Å². The molecule has 0 radical (unpaired) electrons. The molecule has 0 spiro atoms. The van der Waals surface area contributed by atoms with Gasteiger partial charge in [0.25, 0.3) is 0 Å². The van der Waals surface area contributed by atoms with Crippen LogP contribution in [0.4, 0.5) is 13.2 Å². The third-order valence-corrected chi connectivity index (χ3v) is 3.19. The van der Waals surface area contributed by atoms with Crippen LogP contribution in [0.25, 0.3) is 0 Å². The molecule has 0 aromatic carbocycles. The molecule has 4 nitrogen and oxygen atoms in total. The lowest BCUT2D eigenvalue weighted by Crippen LogP contribution is -2.55. The van der Waals surface area contributed by atoms with Crippen LogP contribution in [0.5, 0.6) is 0 Å². The van der Waals surface area contributed by atoms with Crippen molar-refractivity contribution in [3.05, 3.63) is 0 Å². The van der Waals surface area contributed by atoms with Crippen molar-refractivity contribution in [2.45, 2.75) is 31.0 Å². The van der Waals surface area contributed by atoms with Gasteiger partial charge in [-0.25, -0.2) is 0 Å². The van der Waals surface area contributed by atoms with E-state index in [0.29, 0.717) is 0 Å². The zero-order valence-corrected chi connectivity index (χ0v) is 9.72. The molecule has 0 unspecified atom stereocenters. The van der Waals surface area contributed by atoms with Crippen molar-refractivity contribution in [3.63, 3.8) is 0 Å². The molecule has 2 N–H and O–H groups in total. The minimum Gasteiger partial charge on any atom is -0.369 e. The van der Waals surface area contributed by atoms with Crippen LogP contribution in [0.3, 0.4) is 0 Å². The van der Waals surface area contributed by atoms with Crippen LogP contribution in [0.1, 0.15) is 19.3 Å². The van der Waals surface area contributed by atoms with E-state index in [1.165, 1.54) is 4.90 Å². The monoisotopic (exact) mass is 254 g/mol. The second-order valence-electron chi connectivity index (χ2n) is 4.12. The number of alkyl halides is 3. The molecule has 0 atom stereocenters. The van der Waals surface area contributed by atoms with Gasteiger partial charge < -0.3 is 15.4 Å². The summed E-state index contributed by atoms with van der Waals surface area (Å²) in [4.78, 5) is 12.9. The molecule has 1 fully saturated rings. The molecule has 0 aromatic heterocycles. The summed E-state index contributed by atoms with van der Waals surface area (Å²) in [6.45, 7) is 0.336. The molecule has 7 heteroatoms. The number of hydrogen-bond acceptors (Lipinski definition) is 3. The van der Waals surface area contributed by atoms with Gasteiger partial charge in [-0.15, -0.1) is 0 Å². The van der Waals surface area contributed by atoms with Crippen LogP contribution in [0.15, 0.2) is 0 Å². The lowest BCUT2D eigenvalue weighted by Gasteiger charge is -2.41. The molecule has 17 heavy (non-hydrogen) atoms. The molecule has 100 valence electrons. The number of piperidine rings is 1. The van der Waals surface area contributed by atoms with Gasteiger partial charge in [0.15, 0.2) is 5.60 Å². The van der Waals surface area contributed by atoms with Crippen molar-refractivity contribution in [1.29, 1.82) is 0 Å². The van der Waals surface area contributed by atoms with E-state index < -0.39 is 11.8 Å². The number of amides is 1. The van der Waals surface area contributed by atoms with Crippen molar-refractivity contribution >= 4 is 5.91 Å². The first-order chi connectivity index (χ1) is 7.86. The maximum absolute atomic E-state index is 12.8. The minimum atomic E-state index is -4.40. The minimum absolute atomic E-state index is 0.0617. The number of halogens is 3. The summed E-state index contributed by atoms with van der Waals surface area (Å²) in [7, 11) is 1.06. The highest BCUT2D eigenvalue weighted by molar-refractivity contribution is 5.76. The molecule has 0 saturated carbocycles. The second kappa shape index (κ2) is 5.22. The van der Waals surface area contributed by atoms with Crippen LogP contribution in [0.2, 0.25) is 0 Å². The number of carbonyl (C=O) groups excluding carboxylic acids is 1. The zero-order chi connectivity index (χ0) is 13.1. The average molecular weight is 254 g/mol. The molecule has 1 aliphatic heterocycles. The van der Waals surface area contributed by atoms with Gasteiger partial charge in [-0.2, -0.15) is 13.2 Å². The fourth-order valence-corrected chi connectivity index (χ4v) is 2.00. The Bertz CT molecular complexity index is 273. The molecule has 1 aliphatic rings. The molecule has 0 bridgehead atoms. The number of likely N-dealkylation sites (tertiary alicyclic amines) is 1. The maximum atomic E-state index is 12.8. The van der Waals surface area contributed by atoms with E-state index in [0.717, 1.165) is 7.11 Å². The summed E-state index contributed by atoms with van der Waals surface area (Å²) in [6.07, 6.45) is -4.66. The van der Waals surface area contributed by atoms with Gasteiger partial charge in [0.1, 0.15) is 0 Å². The Labute approximate surface area is 97.9 Å². The Balaban J connectivity index is 2.63. The van der Waals surface area contributed by atoms with Gasteiger partial charge in [-0.05, 0) is 0 Å². The van der Waals surface area contributed by atoms with E-state index in [4.69, 9.17) is 5.73 Å². The summed E-state index contributed by atoms with van der Waals surface area (Å²) >= 11 is 0. The SMILES string of the molecule is COC1(C(F)(F)F)CCN(C(=O)CCN)CC1. The number of hydrogen-bond donors (Lipinski definition) is 1. The first-order valence-corrected chi connectivity index (χ1v) is 5.46. The van der Waals surface area contributed by atoms with Gasteiger partial charge in [-0.1, -0.05) is 0 Å². The first kappa shape index (κ1) is 14.2. The average Bonchev–Trinajstić information content (AvgIpc) is 2.28. The predicted octanol–water partition coefficient (Wildman–Crippen LogP) is 0.905. The highest BCUT2D eigenvalue weighted by Gasteiger charge is 2.56. The lowest BCUT2D eigenvalue weighted by molar-refractivity contribution is -0.281. The van der Waals surface area contributed by atoms with Crippen molar-refractivity contribution in [2.75, 3.05) is 26.7 Å². The molecule has 1 saturated heterocycles. The predicted molar refractivity (Wildman–Crippen MR) is 55.3 cm³/mol. The Morgan fingerprint density at radius 2 is 1.94 bits per heavy atom. The van der Waals surface area contributed by atoms with Crippen LogP contribution in [0, 0.1) is 0 Å². The van der Waals surface area contributed by atoms with Crippen molar-refractivity contribution < 1.29 is 22.7 Å². The first-order valence-electron chi connectivity index (χ1n) is 5.46. The maximum Gasteiger partial charge on any atom is 0.417 e. The van der Waals surface area contributed by atoms with Gasteiger partial charge in [-0.3, -0.25) is 4.79 Å². The van der Waals surface area contributed by atoms with E-state index >= 15 is 0 Å². The van der Waals surface area contributed by atoms with Crippen LogP contribution in [-0.4, -0.2) is 49.3 Å². The topological polar surface area (TPSA) is 55.6 Å². The number of nitrogens with two attached hydrogens (primary N) is 1. The molecule has 1 amide bonds. The van der Waals surface area contributed by atoms with Crippen LogP contribution < -0.4 is 5.73 Å². The second-order valence-corrected chi connectivity index (χ2v) is 4.12. The quantitative estimate of drug-likeness (QED) is 0.814. The summed E-state index contributed by atoms with van der Waals surface area (Å²) in [5, 5.41) is 0. The summed E-state index contributed by atoms with van der Waals surface area (Å²) < 4.78 is 43.1. The Kier molecular flexibility index (Phi) is 4.37. The van der Waals surface area contributed by atoms with E-state index in [1.807, 2.05) is 0 Å². The zero-order valence-electron chi connectivity index (χ0n) is 9.72. The summed E-state index contributed by atoms with van der Waals surface area (Å²) in [6, 6.07) is 0. The largest absolute Gasteiger partial charge is 0.417 e. The lowest BCUT2D eigenvalue weighted by atomic mass is 9.90. The third kappa shape index (κ3) is 2.90. The van der Waals surface area contributed by atoms with Crippen molar-refractivity contribution in [2.24, 2.45) is 5.73 Å². The normalized spacial score (nSPS) is 20.4. The van der Waals surface area contributed by atoms with E-state index in [-0.39, 0.29) is 44.8 Å². The molecular weight excluding hydrogens is 237 g/mol.